The van der Waals surface area contributed by atoms with Gasteiger partial charge in [0, 0.05) is 49.2 Å². The van der Waals surface area contributed by atoms with Crippen molar-refractivity contribution >= 4 is 33.3 Å². The SMILES string of the molecule is CCN(CC)S(=O)(=O)c1ccc(N/N=C\C=C2\N(C)c3ccccc3C2(C)C)c([N+](=O)[O-])c1. The first-order chi connectivity index (χ1) is 15.6. The van der Waals surface area contributed by atoms with Crippen LogP contribution in [0.3, 0.4) is 0 Å². The standard InChI is InChI=1S/C23H29N5O4S/c1-6-27(7-2)33(31,32)17-12-13-19(21(16-17)28(29)30)25-24-15-14-22-23(3,4)18-10-8-9-11-20(18)26(22)5/h8-16,25H,6-7H2,1-5H3/b22-14+,24-15-. The summed E-state index contributed by atoms with van der Waals surface area (Å²) in [6, 6.07) is 11.9. The molecule has 0 saturated heterocycles. The van der Waals surface area contributed by atoms with Crippen LogP contribution >= 0.6 is 0 Å². The number of rotatable bonds is 8. The number of benzene rings is 2. The number of hydrogen-bond donors (Lipinski definition) is 1. The molecule has 0 bridgehead atoms. The Hall–Kier alpha value is -3.24. The summed E-state index contributed by atoms with van der Waals surface area (Å²) in [6.07, 6.45) is 3.40. The van der Waals surface area contributed by atoms with Gasteiger partial charge in [-0.3, -0.25) is 15.5 Å². The Balaban J connectivity index is 1.85. The Morgan fingerprint density at radius 1 is 1.18 bits per heavy atom. The second-order valence-electron chi connectivity index (χ2n) is 8.17. The second kappa shape index (κ2) is 9.32. The zero-order valence-electron chi connectivity index (χ0n) is 19.4. The molecule has 0 spiro atoms. The molecule has 1 N–H and O–H groups in total. The molecule has 0 saturated carbocycles. The lowest BCUT2D eigenvalue weighted by Gasteiger charge is -2.23. The van der Waals surface area contributed by atoms with E-state index in [9.17, 15) is 18.5 Å². The number of hydrogen-bond acceptors (Lipinski definition) is 7. The van der Waals surface area contributed by atoms with E-state index in [1.807, 2.05) is 25.3 Å². The topological polar surface area (TPSA) is 108 Å². The lowest BCUT2D eigenvalue weighted by Crippen LogP contribution is -2.30. The highest BCUT2D eigenvalue weighted by atomic mass is 32.2. The van der Waals surface area contributed by atoms with Crippen LogP contribution in [0.4, 0.5) is 17.1 Å². The third-order valence-corrected chi connectivity index (χ3v) is 7.99. The van der Waals surface area contributed by atoms with Crippen molar-refractivity contribution in [3.8, 4) is 0 Å². The van der Waals surface area contributed by atoms with Gasteiger partial charge in [0.25, 0.3) is 5.69 Å². The van der Waals surface area contributed by atoms with E-state index in [4.69, 9.17) is 0 Å². The third-order valence-electron chi connectivity index (χ3n) is 5.94. The number of nitrogens with zero attached hydrogens (tertiary/aromatic N) is 4. The summed E-state index contributed by atoms with van der Waals surface area (Å²) < 4.78 is 26.7. The molecule has 0 fully saturated rings. The first-order valence-electron chi connectivity index (χ1n) is 10.7. The maximum absolute atomic E-state index is 12.7. The number of nitro groups is 1. The Kier molecular flexibility index (Phi) is 6.89. The molecule has 3 rings (SSSR count). The lowest BCUT2D eigenvalue weighted by molar-refractivity contribution is -0.384. The highest BCUT2D eigenvalue weighted by Crippen LogP contribution is 2.46. The van der Waals surface area contributed by atoms with Crippen LogP contribution in [0.2, 0.25) is 0 Å². The van der Waals surface area contributed by atoms with E-state index in [0.717, 1.165) is 17.5 Å². The van der Waals surface area contributed by atoms with E-state index in [2.05, 4.69) is 41.4 Å². The highest BCUT2D eigenvalue weighted by molar-refractivity contribution is 7.89. The van der Waals surface area contributed by atoms with E-state index in [1.54, 1.807) is 20.1 Å². The van der Waals surface area contributed by atoms with Gasteiger partial charge in [-0.15, -0.1) is 0 Å². The quantitative estimate of drug-likeness (QED) is 0.349. The van der Waals surface area contributed by atoms with Crippen molar-refractivity contribution in [2.45, 2.75) is 38.0 Å². The molecule has 0 atom stereocenters. The number of nitrogens with one attached hydrogen (secondary N) is 1. The summed E-state index contributed by atoms with van der Waals surface area (Å²) >= 11 is 0. The molecule has 1 aliphatic rings. The van der Waals surface area contributed by atoms with Gasteiger partial charge in [-0.25, -0.2) is 8.42 Å². The van der Waals surface area contributed by atoms with Crippen molar-refractivity contribution in [2.24, 2.45) is 5.10 Å². The van der Waals surface area contributed by atoms with Crippen LogP contribution in [0.1, 0.15) is 33.3 Å². The van der Waals surface area contributed by atoms with Crippen molar-refractivity contribution in [3.63, 3.8) is 0 Å². The summed E-state index contributed by atoms with van der Waals surface area (Å²) in [5.41, 5.74) is 5.56. The molecular weight excluding hydrogens is 442 g/mol. The smallest absolute Gasteiger partial charge is 0.295 e. The number of para-hydroxylation sites is 1. The summed E-state index contributed by atoms with van der Waals surface area (Å²) in [5, 5.41) is 15.7. The number of sulfonamides is 1. The van der Waals surface area contributed by atoms with Gasteiger partial charge in [0.1, 0.15) is 5.69 Å². The Morgan fingerprint density at radius 2 is 1.85 bits per heavy atom. The van der Waals surface area contributed by atoms with Gasteiger partial charge in [-0.05, 0) is 29.8 Å². The first-order valence-corrected chi connectivity index (χ1v) is 12.1. The van der Waals surface area contributed by atoms with E-state index in [0.29, 0.717) is 0 Å². The van der Waals surface area contributed by atoms with Crippen molar-refractivity contribution in [2.75, 3.05) is 30.5 Å². The fraction of sp³-hybridized carbons (Fsp3) is 0.348. The number of anilines is 2. The molecule has 0 radical (unpaired) electrons. The monoisotopic (exact) mass is 471 g/mol. The Morgan fingerprint density at radius 3 is 2.45 bits per heavy atom. The number of fused-ring (bicyclic) bond motifs is 1. The number of nitro benzene ring substituents is 1. The van der Waals surface area contributed by atoms with E-state index in [-0.39, 0.29) is 34.8 Å². The lowest BCUT2D eigenvalue weighted by atomic mass is 9.84. The minimum Gasteiger partial charge on any atom is -0.347 e. The number of likely N-dealkylation sites (N-methyl/N-ethyl adjacent to an activating group) is 1. The molecule has 0 aliphatic carbocycles. The molecule has 0 unspecified atom stereocenters. The average molecular weight is 472 g/mol. The van der Waals surface area contributed by atoms with Crippen LogP contribution in [-0.2, 0) is 15.4 Å². The van der Waals surface area contributed by atoms with Crippen LogP contribution in [-0.4, -0.2) is 44.0 Å². The van der Waals surface area contributed by atoms with Crippen LogP contribution < -0.4 is 10.3 Å². The molecule has 1 aliphatic heterocycles. The van der Waals surface area contributed by atoms with Crippen LogP contribution in [0.25, 0.3) is 0 Å². The third kappa shape index (κ3) is 4.49. The van der Waals surface area contributed by atoms with E-state index >= 15 is 0 Å². The molecular formula is C23H29N5O4S. The van der Waals surface area contributed by atoms with Gasteiger partial charge in [-0.1, -0.05) is 45.9 Å². The summed E-state index contributed by atoms with van der Waals surface area (Å²) in [7, 11) is -1.82. The Labute approximate surface area is 194 Å². The molecule has 9 nitrogen and oxygen atoms in total. The van der Waals surface area contributed by atoms with Crippen LogP contribution in [0.5, 0.6) is 0 Å². The van der Waals surface area contributed by atoms with Crippen molar-refractivity contribution < 1.29 is 13.3 Å². The van der Waals surface area contributed by atoms with Crippen molar-refractivity contribution in [1.29, 1.82) is 0 Å². The second-order valence-corrected chi connectivity index (χ2v) is 10.1. The maximum Gasteiger partial charge on any atom is 0.295 e. The predicted octanol–water partition coefficient (Wildman–Crippen LogP) is 4.33. The van der Waals surface area contributed by atoms with Crippen LogP contribution in [0, 0.1) is 10.1 Å². The van der Waals surface area contributed by atoms with E-state index in [1.165, 1.54) is 22.0 Å². The van der Waals surface area contributed by atoms with E-state index < -0.39 is 14.9 Å². The number of allylic oxidation sites excluding steroid dienone is 2. The van der Waals surface area contributed by atoms with Gasteiger partial charge in [0.15, 0.2) is 0 Å². The molecule has 2 aromatic rings. The minimum absolute atomic E-state index is 0.107. The van der Waals surface area contributed by atoms with Gasteiger partial charge in [0.2, 0.25) is 10.0 Å². The first kappa shape index (κ1) is 24.4. The maximum atomic E-state index is 12.7. The Bertz CT molecular complexity index is 1220. The predicted molar refractivity (Wildman–Crippen MR) is 131 cm³/mol. The molecule has 1 heterocycles. The highest BCUT2D eigenvalue weighted by Gasteiger charge is 2.37. The van der Waals surface area contributed by atoms with Gasteiger partial charge < -0.3 is 4.90 Å². The molecule has 0 amide bonds. The molecule has 33 heavy (non-hydrogen) atoms. The van der Waals surface area contributed by atoms with Crippen LogP contribution in [0.15, 0.2) is 64.2 Å². The number of hydrazone groups is 1. The zero-order chi connectivity index (χ0) is 24.4. The molecule has 0 aromatic heterocycles. The fourth-order valence-corrected chi connectivity index (χ4v) is 5.63. The summed E-state index contributed by atoms with van der Waals surface area (Å²) in [5.74, 6) is 0. The van der Waals surface area contributed by atoms with Gasteiger partial charge in [-0.2, -0.15) is 9.41 Å². The molecule has 176 valence electrons. The normalized spacial score (nSPS) is 16.5. The largest absolute Gasteiger partial charge is 0.347 e. The minimum atomic E-state index is -3.81. The average Bonchev–Trinajstić information content (AvgIpc) is 2.97. The molecule has 10 heteroatoms. The zero-order valence-corrected chi connectivity index (χ0v) is 20.3. The molecule has 2 aromatic carbocycles. The van der Waals surface area contributed by atoms with Crippen molar-refractivity contribution in [1.82, 2.24) is 4.31 Å². The fourth-order valence-electron chi connectivity index (χ4n) is 4.15. The van der Waals surface area contributed by atoms with Gasteiger partial charge in [0.05, 0.1) is 9.82 Å². The summed E-state index contributed by atoms with van der Waals surface area (Å²) in [4.78, 5) is 12.9. The van der Waals surface area contributed by atoms with Crippen molar-refractivity contribution in [3.05, 3.63) is 69.9 Å². The summed E-state index contributed by atoms with van der Waals surface area (Å²) in [6.45, 7) is 8.25. The van der Waals surface area contributed by atoms with Gasteiger partial charge >= 0.3 is 0 Å².